The number of nitrogens with zero attached hydrogens (tertiary/aromatic N) is 1. The molecule has 0 saturated carbocycles. The minimum Gasteiger partial charge on any atom is -0.448 e. The Labute approximate surface area is 148 Å². The molecule has 3 atom stereocenters. The Hall–Kier alpha value is -2.09. The third kappa shape index (κ3) is 4.35. The largest absolute Gasteiger partial charge is 0.448 e. The molecule has 1 aromatic carbocycles. The van der Waals surface area contributed by atoms with Gasteiger partial charge in [-0.2, -0.15) is 0 Å². The zero-order valence-corrected chi connectivity index (χ0v) is 14.7. The summed E-state index contributed by atoms with van der Waals surface area (Å²) in [6.07, 6.45) is -2.30. The molecule has 2 heterocycles. The molecule has 1 N–H and O–H groups in total. The molecule has 2 aromatic rings. The molecule has 1 saturated heterocycles. The number of aromatic nitrogens is 2. The van der Waals surface area contributed by atoms with E-state index in [1.165, 1.54) is 0 Å². The second-order valence-corrected chi connectivity index (χ2v) is 7.05. The lowest BCUT2D eigenvalue weighted by Crippen LogP contribution is -2.37. The Balaban J connectivity index is 1.60. The number of alkyl halides is 2. The van der Waals surface area contributed by atoms with Crippen molar-refractivity contribution in [1.82, 2.24) is 9.55 Å². The minimum absolute atomic E-state index is 0.0980. The predicted octanol–water partition coefficient (Wildman–Crippen LogP) is 2.50. The van der Waals surface area contributed by atoms with Crippen molar-refractivity contribution in [2.75, 3.05) is 13.3 Å². The lowest BCUT2D eigenvalue weighted by Gasteiger charge is -2.19. The van der Waals surface area contributed by atoms with Gasteiger partial charge in [-0.25, -0.2) is 13.6 Å². The van der Waals surface area contributed by atoms with Gasteiger partial charge in [0.05, 0.1) is 12.7 Å². The zero-order valence-electron chi connectivity index (χ0n) is 13.8. The normalized spacial score (nSPS) is 22.9. The smallest absolute Gasteiger partial charge is 0.330 e. The number of rotatable bonds is 6. The maximum Gasteiger partial charge on any atom is 0.330 e. The van der Waals surface area contributed by atoms with Crippen LogP contribution in [0.15, 0.2) is 52.2 Å². The van der Waals surface area contributed by atoms with E-state index >= 15 is 0 Å². The number of para-hydroxylation sites is 1. The van der Waals surface area contributed by atoms with Gasteiger partial charge in [-0.1, -0.05) is 18.2 Å². The molecule has 140 valence electrons. The van der Waals surface area contributed by atoms with Gasteiger partial charge in [-0.05, 0) is 12.1 Å². The Morgan fingerprint density at radius 3 is 2.73 bits per heavy atom. The van der Waals surface area contributed by atoms with Crippen molar-refractivity contribution < 1.29 is 22.6 Å². The molecule has 2 unspecified atom stereocenters. The van der Waals surface area contributed by atoms with E-state index in [1.807, 2.05) is 23.2 Å². The predicted molar refractivity (Wildman–Crippen MR) is 90.7 cm³/mol. The molecular weight excluding hydrogens is 369 g/mol. The van der Waals surface area contributed by atoms with Gasteiger partial charge in [-0.3, -0.25) is 14.3 Å². The Morgan fingerprint density at radius 1 is 1.31 bits per heavy atom. The number of benzene rings is 1. The van der Waals surface area contributed by atoms with Crippen molar-refractivity contribution in [3.63, 3.8) is 0 Å². The van der Waals surface area contributed by atoms with Crippen LogP contribution < -0.4 is 15.8 Å². The number of ether oxygens (including phenoxy) is 1. The number of hydrogen-bond acceptors (Lipinski definition) is 5. The summed E-state index contributed by atoms with van der Waals surface area (Å²) >= 11 is 0. The molecule has 10 heteroatoms. The third-order valence-corrected chi connectivity index (χ3v) is 4.69. The maximum absolute atomic E-state index is 14.2. The summed E-state index contributed by atoms with van der Waals surface area (Å²) in [5.41, 5.74) is -1.61. The first-order valence-electron chi connectivity index (χ1n) is 7.79. The molecule has 1 aliphatic rings. The Kier molecular flexibility index (Phi) is 5.50. The molecule has 0 amide bonds. The molecule has 26 heavy (non-hydrogen) atoms. The first-order chi connectivity index (χ1) is 12.3. The molecule has 0 aliphatic carbocycles. The van der Waals surface area contributed by atoms with E-state index in [1.54, 1.807) is 18.8 Å². The van der Waals surface area contributed by atoms with Crippen LogP contribution in [0.2, 0.25) is 0 Å². The monoisotopic (exact) mass is 386 g/mol. The van der Waals surface area contributed by atoms with E-state index in [4.69, 9.17) is 13.8 Å². The summed E-state index contributed by atoms with van der Waals surface area (Å²) in [5, 5.41) is 0. The van der Waals surface area contributed by atoms with Crippen LogP contribution in [0.3, 0.4) is 0 Å². The third-order valence-electron chi connectivity index (χ3n) is 3.71. The fourth-order valence-corrected chi connectivity index (χ4v) is 3.41. The van der Waals surface area contributed by atoms with Crippen LogP contribution in [0, 0.1) is 0 Å². The molecule has 0 spiro atoms. The second kappa shape index (κ2) is 7.65. The highest BCUT2D eigenvalue weighted by molar-refractivity contribution is 7.46. The number of nitrogens with one attached hydrogen (secondary N) is 1. The van der Waals surface area contributed by atoms with E-state index in [0.29, 0.717) is 10.3 Å². The molecule has 1 fully saturated rings. The van der Waals surface area contributed by atoms with Crippen LogP contribution in [0.1, 0.15) is 12.6 Å². The highest BCUT2D eigenvalue weighted by Crippen LogP contribution is 2.43. The summed E-state index contributed by atoms with van der Waals surface area (Å²) in [5.74, 6) is -2.65. The lowest BCUT2D eigenvalue weighted by molar-refractivity contribution is -0.119. The first kappa shape index (κ1) is 18.7. The molecule has 0 radical (unpaired) electrons. The van der Waals surface area contributed by atoms with Crippen molar-refractivity contribution in [1.29, 1.82) is 0 Å². The maximum atomic E-state index is 14.2. The zero-order chi connectivity index (χ0) is 18.7. The molecule has 1 aliphatic heterocycles. The van der Waals surface area contributed by atoms with Crippen molar-refractivity contribution in [3.05, 3.63) is 63.4 Å². The number of H-pyrrole nitrogens is 1. The van der Waals surface area contributed by atoms with Gasteiger partial charge < -0.3 is 13.8 Å². The van der Waals surface area contributed by atoms with Crippen molar-refractivity contribution in [2.45, 2.75) is 24.7 Å². The fourth-order valence-electron chi connectivity index (χ4n) is 2.56. The number of aromatic amines is 1. The van der Waals surface area contributed by atoms with E-state index in [-0.39, 0.29) is 6.61 Å². The topological polar surface area (TPSA) is 82.6 Å². The summed E-state index contributed by atoms with van der Waals surface area (Å²) < 4.78 is 45.5. The number of hydrogen-bond donors (Lipinski definition) is 1. The number of halogens is 2. The van der Waals surface area contributed by atoms with E-state index in [0.717, 1.165) is 12.3 Å². The van der Waals surface area contributed by atoms with Crippen LogP contribution >= 0.6 is 8.38 Å². The molecule has 0 bridgehead atoms. The highest BCUT2D eigenvalue weighted by Gasteiger charge is 2.52. The standard InChI is InChI=1S/C16H17F2N2O5P/c1-26(25-11-5-3-2-4-6-11)23-10-12-9-16(17,18)14(24-12)20-8-7-13(21)19-15(20)22/h2-8,12,14H,9-10H2,1H3,(H,19,21,22)/t12?,14?,26-/m0/s1. The Morgan fingerprint density at radius 2 is 2.04 bits per heavy atom. The average molecular weight is 386 g/mol. The quantitative estimate of drug-likeness (QED) is 0.772. The van der Waals surface area contributed by atoms with Crippen LogP contribution in [-0.4, -0.2) is 34.8 Å². The molecule has 3 rings (SSSR count). The van der Waals surface area contributed by atoms with Gasteiger partial charge in [-0.15, -0.1) is 0 Å². The van der Waals surface area contributed by atoms with Crippen molar-refractivity contribution >= 4 is 8.38 Å². The average Bonchev–Trinajstić information content (AvgIpc) is 2.88. The fraction of sp³-hybridized carbons (Fsp3) is 0.375. The first-order valence-corrected chi connectivity index (χ1v) is 9.42. The van der Waals surface area contributed by atoms with Crippen LogP contribution in [0.25, 0.3) is 0 Å². The summed E-state index contributed by atoms with van der Waals surface area (Å²) in [6, 6.07) is 9.99. The summed E-state index contributed by atoms with van der Waals surface area (Å²) in [6.45, 7) is 1.61. The molecule has 1 aromatic heterocycles. The van der Waals surface area contributed by atoms with Gasteiger partial charge in [0.2, 0.25) is 14.6 Å². The van der Waals surface area contributed by atoms with Crippen LogP contribution in [-0.2, 0) is 9.26 Å². The molecule has 7 nitrogen and oxygen atoms in total. The van der Waals surface area contributed by atoms with E-state index in [2.05, 4.69) is 0 Å². The second-order valence-electron chi connectivity index (χ2n) is 5.73. The highest BCUT2D eigenvalue weighted by atomic mass is 31.2. The summed E-state index contributed by atoms with van der Waals surface area (Å²) in [7, 11) is -1.32. The van der Waals surface area contributed by atoms with Crippen molar-refractivity contribution in [2.24, 2.45) is 0 Å². The van der Waals surface area contributed by atoms with Crippen LogP contribution in [0.4, 0.5) is 8.78 Å². The van der Waals surface area contributed by atoms with E-state index in [9.17, 15) is 18.4 Å². The van der Waals surface area contributed by atoms with Gasteiger partial charge in [0.1, 0.15) is 5.75 Å². The van der Waals surface area contributed by atoms with Gasteiger partial charge in [0, 0.05) is 25.3 Å². The lowest BCUT2D eigenvalue weighted by atomic mass is 10.2. The summed E-state index contributed by atoms with van der Waals surface area (Å²) in [4.78, 5) is 24.8. The SMILES string of the molecule is C[P@@](OCC1CC(F)(F)C(n2ccc(=O)[nH]c2=O)O1)Oc1ccccc1. The minimum atomic E-state index is -3.27. The Bertz CT molecular complexity index is 857. The molecular formula is C16H17F2N2O5P. The van der Waals surface area contributed by atoms with Gasteiger partial charge in [0.15, 0.2) is 0 Å². The van der Waals surface area contributed by atoms with Crippen LogP contribution in [0.5, 0.6) is 5.75 Å². The van der Waals surface area contributed by atoms with Crippen molar-refractivity contribution in [3.8, 4) is 5.75 Å². The van der Waals surface area contributed by atoms with Gasteiger partial charge >= 0.3 is 5.69 Å². The van der Waals surface area contributed by atoms with E-state index < -0.39 is 44.3 Å². The van der Waals surface area contributed by atoms with Gasteiger partial charge in [0.25, 0.3) is 11.5 Å².